The van der Waals surface area contributed by atoms with Crippen molar-refractivity contribution in [1.82, 2.24) is 25.1 Å². The zero-order valence-corrected chi connectivity index (χ0v) is 16.5. The van der Waals surface area contributed by atoms with E-state index in [1.165, 1.54) is 11.1 Å². The number of hydrogen-bond acceptors (Lipinski definition) is 5. The minimum absolute atomic E-state index is 0.199. The van der Waals surface area contributed by atoms with E-state index in [0.29, 0.717) is 22.8 Å². The van der Waals surface area contributed by atoms with E-state index in [0.717, 1.165) is 11.3 Å². The summed E-state index contributed by atoms with van der Waals surface area (Å²) in [6, 6.07) is 17.0. The van der Waals surface area contributed by atoms with Gasteiger partial charge < -0.3 is 10.1 Å². The molecule has 1 N–H and O–H groups in total. The molecule has 2 heterocycles. The Morgan fingerprint density at radius 3 is 2.52 bits per heavy atom. The van der Waals surface area contributed by atoms with E-state index >= 15 is 0 Å². The van der Waals surface area contributed by atoms with Crippen molar-refractivity contribution < 1.29 is 9.53 Å². The Hall–Kier alpha value is -3.74. The maximum absolute atomic E-state index is 12.4. The van der Waals surface area contributed by atoms with Gasteiger partial charge in [-0.3, -0.25) is 4.79 Å². The SMILES string of the molecule is COc1ccc(C(=O)NCc2nnc3ccc(-c4ccc(C)c(C)c4)nn23)cc1. The molecule has 2 aromatic carbocycles. The van der Waals surface area contributed by atoms with Crippen molar-refractivity contribution in [3.8, 4) is 17.0 Å². The zero-order chi connectivity index (χ0) is 20.4. The minimum Gasteiger partial charge on any atom is -0.497 e. The molecule has 0 spiro atoms. The van der Waals surface area contributed by atoms with Gasteiger partial charge in [-0.1, -0.05) is 12.1 Å². The molecule has 7 nitrogen and oxygen atoms in total. The second-order valence-corrected chi connectivity index (χ2v) is 6.82. The number of methoxy groups -OCH3 is 1. The lowest BCUT2D eigenvalue weighted by atomic mass is 10.0. The number of aryl methyl sites for hydroxylation is 2. The molecule has 0 saturated heterocycles. The topological polar surface area (TPSA) is 81.4 Å². The number of amides is 1. The van der Waals surface area contributed by atoms with Gasteiger partial charge >= 0.3 is 0 Å². The fourth-order valence-corrected chi connectivity index (χ4v) is 3.00. The number of carbonyl (C=O) groups excluding carboxylic acids is 1. The Labute approximate surface area is 168 Å². The summed E-state index contributed by atoms with van der Waals surface area (Å²) in [6.45, 7) is 4.38. The molecular weight excluding hydrogens is 366 g/mol. The summed E-state index contributed by atoms with van der Waals surface area (Å²) in [7, 11) is 1.59. The first-order chi connectivity index (χ1) is 14.0. The minimum atomic E-state index is -0.199. The summed E-state index contributed by atoms with van der Waals surface area (Å²) in [5, 5.41) is 15.8. The fourth-order valence-electron chi connectivity index (χ4n) is 3.00. The van der Waals surface area contributed by atoms with Gasteiger partial charge in [0.15, 0.2) is 11.5 Å². The quantitative estimate of drug-likeness (QED) is 0.568. The highest BCUT2D eigenvalue weighted by atomic mass is 16.5. The second kappa shape index (κ2) is 7.71. The molecule has 0 radical (unpaired) electrons. The first kappa shape index (κ1) is 18.6. The van der Waals surface area contributed by atoms with Crippen LogP contribution in [0.3, 0.4) is 0 Å². The van der Waals surface area contributed by atoms with E-state index < -0.39 is 0 Å². The van der Waals surface area contributed by atoms with Crippen molar-refractivity contribution in [3.05, 3.63) is 77.1 Å². The first-order valence-corrected chi connectivity index (χ1v) is 9.26. The number of carbonyl (C=O) groups is 1. The molecule has 0 aliphatic carbocycles. The molecule has 7 heteroatoms. The summed E-state index contributed by atoms with van der Waals surface area (Å²) in [6.07, 6.45) is 0. The molecule has 4 rings (SSSR count). The highest BCUT2D eigenvalue weighted by Gasteiger charge is 2.12. The molecule has 146 valence electrons. The number of fused-ring (bicyclic) bond motifs is 1. The van der Waals surface area contributed by atoms with Crippen molar-refractivity contribution in [2.24, 2.45) is 0 Å². The van der Waals surface area contributed by atoms with E-state index in [4.69, 9.17) is 4.74 Å². The number of hydrogen-bond donors (Lipinski definition) is 1. The normalized spacial score (nSPS) is 10.9. The third-order valence-electron chi connectivity index (χ3n) is 4.89. The highest BCUT2D eigenvalue weighted by molar-refractivity contribution is 5.94. The lowest BCUT2D eigenvalue weighted by molar-refractivity contribution is 0.0949. The van der Waals surface area contributed by atoms with Crippen molar-refractivity contribution in [1.29, 1.82) is 0 Å². The predicted molar refractivity (Wildman–Crippen MR) is 110 cm³/mol. The Morgan fingerprint density at radius 1 is 1.00 bits per heavy atom. The van der Waals surface area contributed by atoms with Gasteiger partial charge in [0.05, 0.1) is 19.3 Å². The molecule has 2 aromatic heterocycles. The maximum Gasteiger partial charge on any atom is 0.251 e. The van der Waals surface area contributed by atoms with Gasteiger partial charge in [-0.15, -0.1) is 10.2 Å². The van der Waals surface area contributed by atoms with Gasteiger partial charge in [0.2, 0.25) is 0 Å². The molecule has 4 aromatic rings. The Morgan fingerprint density at radius 2 is 1.79 bits per heavy atom. The van der Waals surface area contributed by atoms with E-state index in [9.17, 15) is 4.79 Å². The summed E-state index contributed by atoms with van der Waals surface area (Å²) in [4.78, 5) is 12.4. The third-order valence-corrected chi connectivity index (χ3v) is 4.89. The summed E-state index contributed by atoms with van der Waals surface area (Å²) < 4.78 is 6.78. The molecule has 0 bridgehead atoms. The standard InChI is InChI=1S/C22H21N5O2/c1-14-4-5-17(12-15(14)2)19-10-11-20-24-25-21(27(20)26-19)13-23-22(28)16-6-8-18(29-3)9-7-16/h4-12H,13H2,1-3H3,(H,23,28). The molecule has 0 atom stereocenters. The van der Waals surface area contributed by atoms with Crippen molar-refractivity contribution in [3.63, 3.8) is 0 Å². The van der Waals surface area contributed by atoms with E-state index in [1.807, 2.05) is 18.2 Å². The number of nitrogens with zero attached hydrogens (tertiary/aromatic N) is 4. The number of benzene rings is 2. The average molecular weight is 387 g/mol. The van der Waals surface area contributed by atoms with Crippen LogP contribution in [0.4, 0.5) is 0 Å². The highest BCUT2D eigenvalue weighted by Crippen LogP contribution is 2.20. The molecule has 0 fully saturated rings. The van der Waals surface area contributed by atoms with E-state index in [2.05, 4.69) is 46.6 Å². The van der Waals surface area contributed by atoms with Crippen LogP contribution in [0.15, 0.2) is 54.6 Å². The molecule has 0 saturated carbocycles. The molecule has 0 aliphatic heterocycles. The van der Waals surface area contributed by atoms with Crippen LogP contribution in [0.1, 0.15) is 27.3 Å². The van der Waals surface area contributed by atoms with E-state index in [-0.39, 0.29) is 12.5 Å². The van der Waals surface area contributed by atoms with Crippen LogP contribution >= 0.6 is 0 Å². The molecule has 0 aliphatic rings. The van der Waals surface area contributed by atoms with Crippen LogP contribution in [0.2, 0.25) is 0 Å². The van der Waals surface area contributed by atoms with Gasteiger partial charge in [-0.05, 0) is 67.4 Å². The Kier molecular flexibility index (Phi) is 4.95. The van der Waals surface area contributed by atoms with Crippen molar-refractivity contribution in [2.45, 2.75) is 20.4 Å². The van der Waals surface area contributed by atoms with Gasteiger partial charge in [0, 0.05) is 11.1 Å². The van der Waals surface area contributed by atoms with E-state index in [1.54, 1.807) is 35.9 Å². The van der Waals surface area contributed by atoms with Gasteiger partial charge in [-0.25, -0.2) is 0 Å². The zero-order valence-electron chi connectivity index (χ0n) is 16.5. The predicted octanol–water partition coefficient (Wildman–Crippen LogP) is 3.35. The molecular formula is C22H21N5O2. The monoisotopic (exact) mass is 387 g/mol. The second-order valence-electron chi connectivity index (χ2n) is 6.82. The summed E-state index contributed by atoms with van der Waals surface area (Å²) in [5.41, 5.74) is 5.47. The molecule has 1 amide bonds. The first-order valence-electron chi connectivity index (χ1n) is 9.26. The van der Waals surface area contributed by atoms with Crippen LogP contribution in [0.5, 0.6) is 5.75 Å². The van der Waals surface area contributed by atoms with Crippen LogP contribution < -0.4 is 10.1 Å². The van der Waals surface area contributed by atoms with Crippen LogP contribution in [-0.4, -0.2) is 32.8 Å². The average Bonchev–Trinajstić information content (AvgIpc) is 3.16. The largest absolute Gasteiger partial charge is 0.497 e. The number of nitrogens with one attached hydrogen (secondary N) is 1. The van der Waals surface area contributed by atoms with Crippen LogP contribution in [-0.2, 0) is 6.54 Å². The Bertz CT molecular complexity index is 1180. The van der Waals surface area contributed by atoms with Crippen LogP contribution in [0, 0.1) is 13.8 Å². The summed E-state index contributed by atoms with van der Waals surface area (Å²) in [5.74, 6) is 1.07. The van der Waals surface area contributed by atoms with Crippen molar-refractivity contribution in [2.75, 3.05) is 7.11 Å². The lowest BCUT2D eigenvalue weighted by Crippen LogP contribution is -2.24. The number of rotatable bonds is 5. The van der Waals surface area contributed by atoms with Gasteiger partial charge in [0.25, 0.3) is 5.91 Å². The van der Waals surface area contributed by atoms with Gasteiger partial charge in [-0.2, -0.15) is 9.61 Å². The smallest absolute Gasteiger partial charge is 0.251 e. The molecule has 29 heavy (non-hydrogen) atoms. The molecule has 0 unspecified atom stereocenters. The number of ether oxygens (including phenoxy) is 1. The summed E-state index contributed by atoms with van der Waals surface area (Å²) >= 11 is 0. The Balaban J connectivity index is 1.55. The van der Waals surface area contributed by atoms with Crippen molar-refractivity contribution >= 4 is 11.6 Å². The third kappa shape index (κ3) is 3.80. The van der Waals surface area contributed by atoms with Crippen LogP contribution in [0.25, 0.3) is 16.9 Å². The maximum atomic E-state index is 12.4. The fraction of sp³-hybridized carbons (Fsp3) is 0.182. The van der Waals surface area contributed by atoms with Gasteiger partial charge in [0.1, 0.15) is 5.75 Å². The lowest BCUT2D eigenvalue weighted by Gasteiger charge is -2.07. The number of aromatic nitrogens is 4.